The van der Waals surface area contributed by atoms with E-state index in [9.17, 15) is 19.7 Å². The number of nitriles is 1. The lowest BCUT2D eigenvalue weighted by Gasteiger charge is -2.39. The van der Waals surface area contributed by atoms with Gasteiger partial charge in [0.15, 0.2) is 12.3 Å². The van der Waals surface area contributed by atoms with Gasteiger partial charge in [0.2, 0.25) is 0 Å². The van der Waals surface area contributed by atoms with Crippen molar-refractivity contribution in [2.75, 3.05) is 27.0 Å². The van der Waals surface area contributed by atoms with Gasteiger partial charge in [0.25, 0.3) is 5.56 Å². The normalized spacial score (nSPS) is 18.2. The van der Waals surface area contributed by atoms with E-state index in [-0.39, 0.29) is 37.9 Å². The molecule has 5 atom stereocenters. The minimum absolute atomic E-state index is 0.0115. The summed E-state index contributed by atoms with van der Waals surface area (Å²) in [5.41, 5.74) is 1.85. The monoisotopic (exact) mass is 975 g/mol. The third-order valence-corrected chi connectivity index (χ3v) is 16.7. The van der Waals surface area contributed by atoms with Crippen molar-refractivity contribution in [2.24, 2.45) is 0 Å². The number of aromatic amines is 1. The summed E-state index contributed by atoms with van der Waals surface area (Å²) < 4.78 is 43.3. The third-order valence-electron chi connectivity index (χ3n) is 13.7. The first-order valence-electron chi connectivity index (χ1n) is 24.0. The van der Waals surface area contributed by atoms with Gasteiger partial charge in [0.1, 0.15) is 35.5 Å². The number of aromatic nitrogens is 2. The Morgan fingerprint density at radius 1 is 0.761 bits per heavy atom. The second kappa shape index (κ2) is 20.7. The predicted molar refractivity (Wildman–Crippen MR) is 278 cm³/mol. The van der Waals surface area contributed by atoms with Gasteiger partial charge in [-0.05, 0) is 119 Å². The van der Waals surface area contributed by atoms with E-state index in [2.05, 4.69) is 66.5 Å². The lowest BCUT2D eigenvalue weighted by Crippen LogP contribution is -2.46. The highest BCUT2D eigenvalue weighted by Crippen LogP contribution is 2.64. The van der Waals surface area contributed by atoms with Gasteiger partial charge in [-0.25, -0.2) is 9.69 Å². The summed E-state index contributed by atoms with van der Waals surface area (Å²) in [7, 11) is -0.452. The van der Waals surface area contributed by atoms with Crippen molar-refractivity contribution in [3.8, 4) is 17.6 Å². The molecule has 0 spiro atoms. The summed E-state index contributed by atoms with van der Waals surface area (Å²) in [6.45, 7) is 9.95. The molecule has 1 aliphatic rings. The Morgan fingerprint density at radius 2 is 1.34 bits per heavy atom. The molecule has 1 unspecified atom stereocenters. The van der Waals surface area contributed by atoms with Gasteiger partial charge < -0.3 is 23.7 Å². The Balaban J connectivity index is 1.21. The Morgan fingerprint density at radius 3 is 1.93 bits per heavy atom. The Kier molecular flexibility index (Phi) is 14.4. The average Bonchev–Trinajstić information content (AvgIpc) is 3.70. The van der Waals surface area contributed by atoms with E-state index in [1.54, 1.807) is 14.2 Å². The smallest absolute Gasteiger partial charge is 0.347 e. The minimum Gasteiger partial charge on any atom is -0.497 e. The van der Waals surface area contributed by atoms with Crippen LogP contribution >= 0.6 is 7.87 Å². The fraction of sp³-hybridized carbons (Fsp3) is 0.316. The number of ether oxygens (including phenoxy) is 5. The van der Waals surface area contributed by atoms with E-state index in [1.807, 2.05) is 111 Å². The largest absolute Gasteiger partial charge is 0.497 e. The van der Waals surface area contributed by atoms with Crippen LogP contribution < -0.4 is 20.7 Å². The van der Waals surface area contributed by atoms with Crippen LogP contribution in [0.1, 0.15) is 68.2 Å². The molecule has 2 heterocycles. The van der Waals surface area contributed by atoms with E-state index in [0.717, 1.165) is 43.8 Å². The maximum atomic E-state index is 13.9. The third kappa shape index (κ3) is 9.45. The zero-order valence-corrected chi connectivity index (χ0v) is 42.0. The average molecular weight is 976 g/mol. The molecule has 71 heavy (non-hydrogen) atoms. The summed E-state index contributed by atoms with van der Waals surface area (Å²) in [5, 5.41) is 16.7. The molecule has 8 aromatic rings. The van der Waals surface area contributed by atoms with E-state index in [0.29, 0.717) is 11.5 Å². The van der Waals surface area contributed by atoms with Crippen LogP contribution in [0.4, 0.5) is 0 Å². The first-order chi connectivity index (χ1) is 34.3. The number of methoxy groups -OCH3 is 2. The molecule has 0 aliphatic carbocycles. The number of nitrogens with one attached hydrogen (secondary N) is 1. The van der Waals surface area contributed by atoms with Crippen LogP contribution in [0.2, 0.25) is 0 Å². The maximum absolute atomic E-state index is 13.9. The molecule has 14 heteroatoms. The Bertz CT molecular complexity index is 3230. The van der Waals surface area contributed by atoms with Gasteiger partial charge in [-0.1, -0.05) is 103 Å². The number of H-pyrrole nitrogens is 1. The summed E-state index contributed by atoms with van der Waals surface area (Å²) in [4.78, 5) is 42.1. The van der Waals surface area contributed by atoms with Gasteiger partial charge in [0.05, 0.1) is 39.9 Å². The zero-order chi connectivity index (χ0) is 50.0. The lowest BCUT2D eigenvalue weighted by atomic mass is 9.80. The van der Waals surface area contributed by atoms with Crippen molar-refractivity contribution in [2.45, 2.75) is 89.9 Å². The summed E-state index contributed by atoms with van der Waals surface area (Å²) in [6, 6.07) is 45.3. The highest BCUT2D eigenvalue weighted by Gasteiger charge is 2.58. The number of aryl methyl sites for hydroxylation is 1. The van der Waals surface area contributed by atoms with Crippen molar-refractivity contribution in [1.82, 2.24) is 14.2 Å². The topological polar surface area (TPSA) is 158 Å². The summed E-state index contributed by atoms with van der Waals surface area (Å²) in [6.07, 6.45) is -2.99. The number of benzene rings is 7. The summed E-state index contributed by atoms with van der Waals surface area (Å²) in [5.74, 6) is 1.32. The lowest BCUT2D eigenvalue weighted by molar-refractivity contribution is -0.0988. The molecule has 7 aromatic carbocycles. The molecule has 1 fully saturated rings. The molecule has 0 amide bonds. The van der Waals surface area contributed by atoms with Crippen molar-refractivity contribution < 1.29 is 33.1 Å². The fourth-order valence-electron chi connectivity index (χ4n) is 10.5. The van der Waals surface area contributed by atoms with E-state index in [4.69, 9.17) is 28.2 Å². The zero-order valence-electron chi connectivity index (χ0n) is 41.1. The van der Waals surface area contributed by atoms with E-state index in [1.165, 1.54) is 33.2 Å². The molecule has 1 aliphatic heterocycles. The predicted octanol–water partition coefficient (Wildman–Crippen LogP) is 10.4. The van der Waals surface area contributed by atoms with Crippen molar-refractivity contribution in [1.29, 1.82) is 5.26 Å². The molecule has 9 rings (SSSR count). The maximum Gasteiger partial charge on any atom is 0.347 e. The number of hydrogen-bond acceptors (Lipinski definition) is 11. The molecule has 13 nitrogen and oxygen atoms in total. The number of nitrogens with zero attached hydrogens (tertiary/aromatic N) is 3. The minimum atomic E-state index is -3.68. The van der Waals surface area contributed by atoms with E-state index < -0.39 is 49.3 Å². The Hall–Kier alpha value is -6.46. The SMILES string of the molecule is COc1ccc(C(OC[C@H]2O[C@@H](n3ccc(=O)[nH]c3=O)[C@H](OCc3ccc4ccc5ccc(C)c6ccc3c4c56)[C@@H]2O[P+](O)(CCC#N)N(C(C)C)C(C)C)(c2ccccc2)c2ccc(OC)cc2)cc1. The summed E-state index contributed by atoms with van der Waals surface area (Å²) >= 11 is 0. The van der Waals surface area contributed by atoms with Gasteiger partial charge in [0, 0.05) is 24.3 Å². The van der Waals surface area contributed by atoms with Crippen molar-refractivity contribution in [3.63, 3.8) is 0 Å². The van der Waals surface area contributed by atoms with Gasteiger partial charge >= 0.3 is 13.6 Å². The van der Waals surface area contributed by atoms with E-state index >= 15 is 0 Å². The highest BCUT2D eigenvalue weighted by molar-refractivity contribution is 7.63. The molecule has 1 aromatic heterocycles. The second-order valence-corrected chi connectivity index (χ2v) is 21.1. The van der Waals surface area contributed by atoms with Crippen LogP contribution in [-0.4, -0.2) is 76.5 Å². The van der Waals surface area contributed by atoms with Crippen LogP contribution in [-0.2, 0) is 30.9 Å². The molecule has 2 N–H and O–H groups in total. The fourth-order valence-corrected chi connectivity index (χ4v) is 13.5. The van der Waals surface area contributed by atoms with Gasteiger partial charge in [-0.3, -0.25) is 14.3 Å². The quantitative estimate of drug-likeness (QED) is 0.0451. The molecule has 366 valence electrons. The molecule has 0 bridgehead atoms. The first-order valence-corrected chi connectivity index (χ1v) is 25.8. The van der Waals surface area contributed by atoms with Gasteiger partial charge in [-0.2, -0.15) is 9.79 Å². The van der Waals surface area contributed by atoms with Crippen LogP contribution in [0.5, 0.6) is 11.5 Å². The first kappa shape index (κ1) is 49.5. The van der Waals surface area contributed by atoms with Crippen LogP contribution in [0.25, 0.3) is 32.3 Å². The second-order valence-electron chi connectivity index (χ2n) is 18.6. The standard InChI is InChI=1S/C57H59N4O9P/c1-36(2)61(37(3)4)71(64,33-11-31-58)70-53-49(35-68-57(42-12-9-8-10-13-42,43-20-24-45(65-6)25-21-43)44-22-26-46(66-7)27-23-44)69-55(60-32-30-50(62)59-56(60)63)54(53)67-34-41-19-18-40-17-16-39-15-14-38(5)47-28-29-48(41)52(40)51(39)47/h8-10,12-30,32,36-37,49,53-55,64H,11,33-35H2,1-7H3/p+1/t49-,53-,54-,55-,71?/m1/s1. The van der Waals surface area contributed by atoms with Crippen LogP contribution in [0.3, 0.4) is 0 Å². The molecule has 0 saturated carbocycles. The van der Waals surface area contributed by atoms with Crippen LogP contribution in [0.15, 0.2) is 149 Å². The van der Waals surface area contributed by atoms with Crippen LogP contribution in [0, 0.1) is 18.3 Å². The van der Waals surface area contributed by atoms with Crippen molar-refractivity contribution in [3.05, 3.63) is 188 Å². The molecular weight excluding hydrogens is 916 g/mol. The Labute approximate surface area is 414 Å². The van der Waals surface area contributed by atoms with Crippen molar-refractivity contribution >= 4 is 40.2 Å². The molecule has 0 radical (unpaired) electrons. The number of hydrogen-bond donors (Lipinski definition) is 2. The number of rotatable bonds is 19. The molecular formula is C57H60N4O9P+. The molecule has 1 saturated heterocycles. The van der Waals surface area contributed by atoms with Gasteiger partial charge in [-0.15, -0.1) is 4.67 Å². The highest BCUT2D eigenvalue weighted by atomic mass is 31.2.